The van der Waals surface area contributed by atoms with Crippen molar-refractivity contribution >= 4 is 0 Å². The summed E-state index contributed by atoms with van der Waals surface area (Å²) >= 11 is 0. The minimum Gasteiger partial charge on any atom is -0.497 e. The van der Waals surface area contributed by atoms with E-state index in [-0.39, 0.29) is 6.10 Å². The molecule has 106 valence electrons. The van der Waals surface area contributed by atoms with Crippen LogP contribution in [0.4, 0.5) is 0 Å². The normalized spacial score (nSPS) is 24.4. The molecule has 4 heteroatoms. The van der Waals surface area contributed by atoms with Crippen molar-refractivity contribution in [2.24, 2.45) is 5.92 Å². The van der Waals surface area contributed by atoms with Crippen molar-refractivity contribution in [3.8, 4) is 5.75 Å². The molecule has 0 saturated heterocycles. The lowest BCUT2D eigenvalue weighted by Crippen LogP contribution is -2.30. The Labute approximate surface area is 114 Å². The molecule has 3 N–H and O–H groups in total. The summed E-state index contributed by atoms with van der Waals surface area (Å²) in [5.41, 5.74) is 0.875. The van der Waals surface area contributed by atoms with Gasteiger partial charge in [-0.15, -0.1) is 0 Å². The third-order valence-electron chi connectivity index (χ3n) is 3.86. The van der Waals surface area contributed by atoms with E-state index >= 15 is 0 Å². The Morgan fingerprint density at radius 3 is 2.63 bits per heavy atom. The Kier molecular flexibility index (Phi) is 5.19. The molecule has 1 saturated carbocycles. The molecule has 0 aromatic heterocycles. The lowest BCUT2D eigenvalue weighted by molar-refractivity contribution is 0.124. The molecule has 19 heavy (non-hydrogen) atoms. The van der Waals surface area contributed by atoms with Gasteiger partial charge in [0.05, 0.1) is 19.3 Å². The van der Waals surface area contributed by atoms with Crippen LogP contribution in [0.5, 0.6) is 5.75 Å². The zero-order chi connectivity index (χ0) is 13.7. The van der Waals surface area contributed by atoms with Crippen LogP contribution in [0.15, 0.2) is 24.3 Å². The maximum absolute atomic E-state index is 10.1. The van der Waals surface area contributed by atoms with Crippen molar-refractivity contribution in [1.29, 1.82) is 0 Å². The van der Waals surface area contributed by atoms with Crippen LogP contribution < -0.4 is 10.1 Å². The van der Waals surface area contributed by atoms with Crippen LogP contribution in [0.3, 0.4) is 0 Å². The number of nitrogens with one attached hydrogen (secondary N) is 1. The summed E-state index contributed by atoms with van der Waals surface area (Å²) in [6.45, 7) is 1.28. The Morgan fingerprint density at radius 2 is 2.05 bits per heavy atom. The van der Waals surface area contributed by atoms with Crippen molar-refractivity contribution in [1.82, 2.24) is 5.32 Å². The highest BCUT2D eigenvalue weighted by molar-refractivity contribution is 5.28. The maximum atomic E-state index is 10.1. The zero-order valence-electron chi connectivity index (χ0n) is 11.4. The first kappa shape index (κ1) is 14.3. The van der Waals surface area contributed by atoms with Crippen LogP contribution in [0, 0.1) is 5.92 Å². The Hall–Kier alpha value is -1.10. The molecule has 0 amide bonds. The SMILES string of the molecule is COc1ccc(C(O)CNCC2CCCC2O)cc1. The van der Waals surface area contributed by atoms with Crippen LogP contribution in [-0.2, 0) is 0 Å². The molecule has 0 radical (unpaired) electrons. The van der Waals surface area contributed by atoms with E-state index < -0.39 is 6.10 Å². The van der Waals surface area contributed by atoms with Crippen molar-refractivity contribution in [3.05, 3.63) is 29.8 Å². The molecule has 1 aliphatic rings. The molecule has 0 bridgehead atoms. The highest BCUT2D eigenvalue weighted by atomic mass is 16.5. The average molecular weight is 265 g/mol. The van der Waals surface area contributed by atoms with E-state index in [0.717, 1.165) is 37.1 Å². The summed E-state index contributed by atoms with van der Waals surface area (Å²) in [4.78, 5) is 0. The number of aliphatic hydroxyl groups excluding tert-OH is 2. The van der Waals surface area contributed by atoms with Gasteiger partial charge in [0.15, 0.2) is 0 Å². The average Bonchev–Trinajstić information content (AvgIpc) is 2.84. The molecule has 0 aliphatic heterocycles. The van der Waals surface area contributed by atoms with Gasteiger partial charge in [0.2, 0.25) is 0 Å². The molecule has 4 nitrogen and oxygen atoms in total. The Bertz CT molecular complexity index is 379. The second kappa shape index (κ2) is 6.89. The topological polar surface area (TPSA) is 61.7 Å². The van der Waals surface area contributed by atoms with Crippen molar-refractivity contribution in [2.45, 2.75) is 31.5 Å². The quantitative estimate of drug-likeness (QED) is 0.729. The largest absolute Gasteiger partial charge is 0.497 e. The first-order valence-corrected chi connectivity index (χ1v) is 6.91. The minimum absolute atomic E-state index is 0.175. The molecule has 1 aromatic rings. The summed E-state index contributed by atoms with van der Waals surface area (Å²) in [6.07, 6.45) is 2.39. The number of hydrogen-bond acceptors (Lipinski definition) is 4. The fourth-order valence-electron chi connectivity index (χ4n) is 2.60. The van der Waals surface area contributed by atoms with Crippen LogP contribution in [0.1, 0.15) is 30.9 Å². The van der Waals surface area contributed by atoms with Gasteiger partial charge in [-0.3, -0.25) is 0 Å². The molecule has 1 fully saturated rings. The summed E-state index contributed by atoms with van der Waals surface area (Å²) in [5, 5.41) is 23.0. The van der Waals surface area contributed by atoms with Gasteiger partial charge in [0.1, 0.15) is 5.75 Å². The van der Waals surface area contributed by atoms with Crippen molar-refractivity contribution < 1.29 is 14.9 Å². The summed E-state index contributed by atoms with van der Waals surface area (Å²) < 4.78 is 5.08. The number of hydrogen-bond donors (Lipinski definition) is 3. The molecule has 1 aromatic carbocycles. The zero-order valence-corrected chi connectivity index (χ0v) is 11.4. The molecule has 0 spiro atoms. The van der Waals surface area contributed by atoms with Gasteiger partial charge in [0.25, 0.3) is 0 Å². The smallest absolute Gasteiger partial charge is 0.118 e. The third-order valence-corrected chi connectivity index (χ3v) is 3.86. The van der Waals surface area contributed by atoms with Crippen molar-refractivity contribution in [3.63, 3.8) is 0 Å². The van der Waals surface area contributed by atoms with Gasteiger partial charge in [0, 0.05) is 13.1 Å². The fourth-order valence-corrected chi connectivity index (χ4v) is 2.60. The Balaban J connectivity index is 1.75. The molecular formula is C15H23NO3. The first-order chi connectivity index (χ1) is 9.20. The number of methoxy groups -OCH3 is 1. The predicted octanol–water partition coefficient (Wildman–Crippen LogP) is 1.48. The monoisotopic (exact) mass is 265 g/mol. The number of ether oxygens (including phenoxy) is 1. The molecule has 1 aliphatic carbocycles. The number of aliphatic hydroxyl groups is 2. The van der Waals surface area contributed by atoms with E-state index in [0.29, 0.717) is 12.5 Å². The second-order valence-corrected chi connectivity index (χ2v) is 5.21. The Morgan fingerprint density at radius 1 is 1.32 bits per heavy atom. The van der Waals surface area contributed by atoms with Crippen LogP contribution in [0.2, 0.25) is 0 Å². The highest BCUT2D eigenvalue weighted by Gasteiger charge is 2.24. The van der Waals surface area contributed by atoms with Gasteiger partial charge >= 0.3 is 0 Å². The highest BCUT2D eigenvalue weighted by Crippen LogP contribution is 2.24. The van der Waals surface area contributed by atoms with E-state index in [1.807, 2.05) is 24.3 Å². The van der Waals surface area contributed by atoms with Crippen LogP contribution >= 0.6 is 0 Å². The van der Waals surface area contributed by atoms with E-state index in [9.17, 15) is 10.2 Å². The van der Waals surface area contributed by atoms with Gasteiger partial charge in [-0.1, -0.05) is 18.6 Å². The molecule has 0 heterocycles. The summed E-state index contributed by atoms with van der Waals surface area (Å²) in [5.74, 6) is 1.13. The fraction of sp³-hybridized carbons (Fsp3) is 0.600. The van der Waals surface area contributed by atoms with Gasteiger partial charge in [-0.25, -0.2) is 0 Å². The first-order valence-electron chi connectivity index (χ1n) is 6.91. The summed E-state index contributed by atoms with van der Waals surface area (Å²) in [6, 6.07) is 7.43. The third kappa shape index (κ3) is 3.93. The molecular weight excluding hydrogens is 242 g/mol. The van der Waals surface area contributed by atoms with Crippen molar-refractivity contribution in [2.75, 3.05) is 20.2 Å². The number of rotatable bonds is 6. The van der Waals surface area contributed by atoms with E-state index in [1.54, 1.807) is 7.11 Å². The number of benzene rings is 1. The second-order valence-electron chi connectivity index (χ2n) is 5.21. The van der Waals surface area contributed by atoms with E-state index in [2.05, 4.69) is 5.32 Å². The lowest BCUT2D eigenvalue weighted by atomic mass is 10.1. The van der Waals surface area contributed by atoms with Crippen LogP contribution in [0.25, 0.3) is 0 Å². The van der Waals surface area contributed by atoms with E-state index in [1.165, 1.54) is 0 Å². The standard InChI is InChI=1S/C15H23NO3/c1-19-13-7-5-11(6-8-13)15(18)10-16-9-12-3-2-4-14(12)17/h5-8,12,14-18H,2-4,9-10H2,1H3. The van der Waals surface area contributed by atoms with E-state index in [4.69, 9.17) is 4.74 Å². The molecule has 3 unspecified atom stereocenters. The summed E-state index contributed by atoms with van der Waals surface area (Å²) in [7, 11) is 1.62. The van der Waals surface area contributed by atoms with Gasteiger partial charge in [-0.2, -0.15) is 0 Å². The molecule has 3 atom stereocenters. The maximum Gasteiger partial charge on any atom is 0.118 e. The predicted molar refractivity (Wildman–Crippen MR) is 74.2 cm³/mol. The molecule has 2 rings (SSSR count). The van der Waals surface area contributed by atoms with Gasteiger partial charge < -0.3 is 20.3 Å². The van der Waals surface area contributed by atoms with Gasteiger partial charge in [-0.05, 0) is 36.5 Å². The lowest BCUT2D eigenvalue weighted by Gasteiger charge is -2.17. The van der Waals surface area contributed by atoms with Crippen LogP contribution in [-0.4, -0.2) is 36.5 Å². The minimum atomic E-state index is -0.524.